The minimum Gasteiger partial charge on any atom is -0.379 e. The van der Waals surface area contributed by atoms with Gasteiger partial charge in [-0.25, -0.2) is 4.98 Å². The van der Waals surface area contributed by atoms with E-state index in [-0.39, 0.29) is 48.6 Å². The maximum absolute atomic E-state index is 13.8. The molecule has 43 heavy (non-hydrogen) atoms. The third-order valence-electron chi connectivity index (χ3n) is 8.79. The van der Waals surface area contributed by atoms with Crippen LogP contribution < -0.4 is 16.0 Å². The van der Waals surface area contributed by atoms with Crippen molar-refractivity contribution in [1.29, 1.82) is 0 Å². The average Bonchev–Trinajstić information content (AvgIpc) is 3.70. The van der Waals surface area contributed by atoms with Crippen LogP contribution in [0.3, 0.4) is 0 Å². The number of methoxy groups -OCH3 is 2. The molecule has 1 saturated heterocycles. The number of hydrogen-bond acceptors (Lipinski definition) is 9. The van der Waals surface area contributed by atoms with Gasteiger partial charge in [-0.15, -0.1) is 11.3 Å². The lowest BCUT2D eigenvalue weighted by Gasteiger charge is -2.39. The highest BCUT2D eigenvalue weighted by atomic mass is 32.1. The van der Waals surface area contributed by atoms with Crippen LogP contribution in [0.25, 0.3) is 0 Å². The lowest BCUT2D eigenvalue weighted by atomic mass is 9.90. The molecule has 13 heteroatoms. The molecule has 1 aromatic rings. The fourth-order valence-electron chi connectivity index (χ4n) is 5.60. The molecule has 1 fully saturated rings. The Balaban J connectivity index is 2.12. The van der Waals surface area contributed by atoms with Crippen molar-refractivity contribution in [3.8, 4) is 0 Å². The van der Waals surface area contributed by atoms with Crippen molar-refractivity contribution < 1.29 is 28.7 Å². The van der Waals surface area contributed by atoms with Crippen molar-refractivity contribution in [3.05, 3.63) is 16.6 Å². The van der Waals surface area contributed by atoms with Gasteiger partial charge < -0.3 is 35.2 Å². The Hall–Kier alpha value is -2.61. The van der Waals surface area contributed by atoms with E-state index in [0.29, 0.717) is 13.1 Å². The van der Waals surface area contributed by atoms with Gasteiger partial charge in [-0.2, -0.15) is 0 Å². The highest BCUT2D eigenvalue weighted by Gasteiger charge is 2.42. The van der Waals surface area contributed by atoms with Gasteiger partial charge in [0.1, 0.15) is 5.01 Å². The fourth-order valence-corrected chi connectivity index (χ4v) is 6.16. The summed E-state index contributed by atoms with van der Waals surface area (Å²) < 4.78 is 11.7. The SMILES string of the molecule is CCC(C)C(C(CC(=O)N1CCCC1C(OC)C(C)C(=O)NCc1nccs1)OC)N(C)C(=O)CNC(=O)C(C)(C)NC. The Morgan fingerprint density at radius 1 is 1.19 bits per heavy atom. The molecule has 2 heterocycles. The molecule has 0 aliphatic carbocycles. The van der Waals surface area contributed by atoms with Crippen molar-refractivity contribution in [2.75, 3.05) is 41.4 Å². The van der Waals surface area contributed by atoms with Crippen molar-refractivity contribution in [2.45, 2.75) is 96.7 Å². The normalized spacial score (nSPS) is 18.8. The first kappa shape index (κ1) is 36.6. The molecule has 244 valence electrons. The number of aromatic nitrogens is 1. The molecule has 0 aromatic carbocycles. The molecule has 6 unspecified atom stereocenters. The summed E-state index contributed by atoms with van der Waals surface area (Å²) in [6, 6.07) is -0.654. The van der Waals surface area contributed by atoms with Crippen LogP contribution in [0.5, 0.6) is 0 Å². The second-order valence-electron chi connectivity index (χ2n) is 11.8. The standard InChI is InChI=1S/C30H52N6O6S/c1-10-19(2)26(35(7)25(38)18-34-29(40)30(4,5)31-6)22(41-8)16-24(37)36-14-11-12-21(36)27(42-9)20(3)28(39)33-17-23-32-13-15-43-23/h13,15,19-22,26-27,31H,10-12,14,16-18H2,1-9H3,(H,33,39)(H,34,40). The summed E-state index contributed by atoms with van der Waals surface area (Å²) in [6.45, 7) is 10.1. The maximum atomic E-state index is 13.8. The van der Waals surface area contributed by atoms with Crippen molar-refractivity contribution >= 4 is 35.0 Å². The van der Waals surface area contributed by atoms with E-state index in [1.807, 2.05) is 26.2 Å². The van der Waals surface area contributed by atoms with Gasteiger partial charge in [-0.1, -0.05) is 27.2 Å². The molecule has 1 aliphatic heterocycles. The summed E-state index contributed by atoms with van der Waals surface area (Å²) in [7, 11) is 6.50. The van der Waals surface area contributed by atoms with Crippen LogP contribution in [0.2, 0.25) is 0 Å². The van der Waals surface area contributed by atoms with Crippen LogP contribution in [0.4, 0.5) is 0 Å². The molecule has 0 spiro atoms. The number of rotatable bonds is 17. The molecule has 12 nitrogen and oxygen atoms in total. The molecule has 2 rings (SSSR count). The van der Waals surface area contributed by atoms with Crippen LogP contribution in [0.1, 0.15) is 65.3 Å². The molecule has 4 amide bonds. The quantitative estimate of drug-likeness (QED) is 0.238. The Labute approximate surface area is 260 Å². The number of ether oxygens (including phenoxy) is 2. The van der Waals surface area contributed by atoms with Crippen LogP contribution in [0.15, 0.2) is 11.6 Å². The molecular weight excluding hydrogens is 572 g/mol. The molecule has 6 atom stereocenters. The zero-order valence-corrected chi connectivity index (χ0v) is 28.1. The smallest absolute Gasteiger partial charge is 0.242 e. The Morgan fingerprint density at radius 2 is 1.88 bits per heavy atom. The van der Waals surface area contributed by atoms with E-state index < -0.39 is 29.7 Å². The topological polar surface area (TPSA) is 142 Å². The molecule has 3 N–H and O–H groups in total. The minimum atomic E-state index is -0.817. The molecule has 0 bridgehead atoms. The number of carbonyl (C=O) groups is 4. The predicted molar refractivity (Wildman–Crippen MR) is 166 cm³/mol. The summed E-state index contributed by atoms with van der Waals surface area (Å²) in [5.41, 5.74) is -0.817. The minimum absolute atomic E-state index is 0.0267. The first-order valence-corrected chi connectivity index (χ1v) is 15.9. The second kappa shape index (κ2) is 17.0. The van der Waals surface area contributed by atoms with Gasteiger partial charge in [0.05, 0.1) is 55.3 Å². The Kier molecular flexibility index (Phi) is 14.5. The summed E-state index contributed by atoms with van der Waals surface area (Å²) in [5, 5.41) is 11.3. The van der Waals surface area contributed by atoms with Crippen LogP contribution in [-0.4, -0.2) is 110 Å². The van der Waals surface area contributed by atoms with Gasteiger partial charge in [0.2, 0.25) is 23.6 Å². The number of amides is 4. The Morgan fingerprint density at radius 3 is 2.44 bits per heavy atom. The van der Waals surface area contributed by atoms with Gasteiger partial charge in [0.25, 0.3) is 0 Å². The number of nitrogens with zero attached hydrogens (tertiary/aromatic N) is 3. The molecule has 1 aliphatic rings. The third kappa shape index (κ3) is 9.69. The zero-order chi connectivity index (χ0) is 32.3. The number of carbonyl (C=O) groups excluding carboxylic acids is 4. The summed E-state index contributed by atoms with van der Waals surface area (Å²) in [4.78, 5) is 60.1. The molecule has 1 aromatic heterocycles. The molecular formula is C30H52N6O6S. The number of thiazole rings is 1. The van der Waals surface area contributed by atoms with E-state index in [4.69, 9.17) is 9.47 Å². The second-order valence-corrected chi connectivity index (χ2v) is 12.8. The monoisotopic (exact) mass is 624 g/mol. The zero-order valence-electron chi connectivity index (χ0n) is 27.3. The van der Waals surface area contributed by atoms with Crippen LogP contribution >= 0.6 is 11.3 Å². The van der Waals surface area contributed by atoms with Crippen molar-refractivity contribution in [2.24, 2.45) is 11.8 Å². The first-order valence-electron chi connectivity index (χ1n) is 15.1. The highest BCUT2D eigenvalue weighted by molar-refractivity contribution is 7.09. The fraction of sp³-hybridized carbons (Fsp3) is 0.767. The highest BCUT2D eigenvalue weighted by Crippen LogP contribution is 2.29. The lowest BCUT2D eigenvalue weighted by Crippen LogP contribution is -2.56. The largest absolute Gasteiger partial charge is 0.379 e. The number of likely N-dealkylation sites (N-methyl/N-ethyl adjacent to an activating group) is 2. The summed E-state index contributed by atoms with van der Waals surface area (Å²) in [6.07, 6.45) is 3.01. The number of hydrogen-bond donors (Lipinski definition) is 3. The Bertz CT molecular complexity index is 1050. The van der Waals surface area contributed by atoms with Crippen molar-refractivity contribution in [3.63, 3.8) is 0 Å². The molecule has 0 radical (unpaired) electrons. The number of nitrogens with one attached hydrogen (secondary N) is 3. The van der Waals surface area contributed by atoms with Gasteiger partial charge >= 0.3 is 0 Å². The number of likely N-dealkylation sites (tertiary alicyclic amines) is 1. The molecule has 0 saturated carbocycles. The third-order valence-corrected chi connectivity index (χ3v) is 9.57. The van der Waals surface area contributed by atoms with Crippen LogP contribution in [-0.2, 0) is 35.2 Å². The first-order chi connectivity index (χ1) is 20.3. The van der Waals surface area contributed by atoms with E-state index in [9.17, 15) is 19.2 Å². The van der Waals surface area contributed by atoms with Gasteiger partial charge in [0.15, 0.2) is 0 Å². The van der Waals surface area contributed by atoms with Gasteiger partial charge in [-0.3, -0.25) is 19.2 Å². The maximum Gasteiger partial charge on any atom is 0.242 e. The predicted octanol–water partition coefficient (Wildman–Crippen LogP) is 1.79. The van der Waals surface area contributed by atoms with E-state index in [1.165, 1.54) is 11.3 Å². The van der Waals surface area contributed by atoms with Gasteiger partial charge in [-0.05, 0) is 39.7 Å². The summed E-state index contributed by atoms with van der Waals surface area (Å²) in [5.74, 6) is -1.27. The van der Waals surface area contributed by atoms with E-state index in [0.717, 1.165) is 24.3 Å². The average molecular weight is 625 g/mol. The lowest BCUT2D eigenvalue weighted by molar-refractivity contribution is -0.145. The van der Waals surface area contributed by atoms with Crippen molar-refractivity contribution in [1.82, 2.24) is 30.7 Å². The van der Waals surface area contributed by atoms with E-state index in [1.54, 1.807) is 58.2 Å². The van der Waals surface area contributed by atoms with E-state index in [2.05, 4.69) is 20.9 Å². The van der Waals surface area contributed by atoms with Crippen LogP contribution in [0, 0.1) is 11.8 Å². The van der Waals surface area contributed by atoms with Gasteiger partial charge in [0, 0.05) is 39.4 Å². The van der Waals surface area contributed by atoms with E-state index >= 15 is 0 Å². The summed E-state index contributed by atoms with van der Waals surface area (Å²) >= 11 is 1.48.